The number of nitrogen functional groups attached to an aromatic ring is 1. The maximum Gasteiger partial charge on any atom is 0.326 e. The number of nitrogens with one attached hydrogen (secondary N) is 2. The Labute approximate surface area is 174 Å². The number of aliphatic hydroxyl groups is 1. The molecule has 1 aromatic heterocycles. The maximum atomic E-state index is 11.9. The van der Waals surface area contributed by atoms with Crippen LogP contribution < -0.4 is 16.4 Å². The summed E-state index contributed by atoms with van der Waals surface area (Å²) in [6.07, 6.45) is 5.32. The summed E-state index contributed by atoms with van der Waals surface area (Å²) < 4.78 is 0. The summed E-state index contributed by atoms with van der Waals surface area (Å²) in [6, 6.07) is -1.19. The van der Waals surface area contributed by atoms with Gasteiger partial charge in [0.25, 0.3) is 0 Å². The number of rotatable bonds is 12. The molecule has 0 bridgehead atoms. The second-order valence-electron chi connectivity index (χ2n) is 7.66. The van der Waals surface area contributed by atoms with Crippen LogP contribution in [-0.4, -0.2) is 61.3 Å². The van der Waals surface area contributed by atoms with Crippen LogP contribution in [0.3, 0.4) is 0 Å². The number of hydrogen-bond acceptors (Lipinski definition) is 8. The number of aromatic nitrogens is 2. The SMILES string of the molecule is Nc1ncc2c(n1)NC[C@](O)(CCCCCCC(=O)N[C@H](CCC(=O)O)C(=O)O)C2. The Morgan fingerprint density at radius 3 is 2.63 bits per heavy atom. The van der Waals surface area contributed by atoms with Gasteiger partial charge in [0.1, 0.15) is 11.9 Å². The van der Waals surface area contributed by atoms with E-state index in [1.54, 1.807) is 6.20 Å². The van der Waals surface area contributed by atoms with Crippen LogP contribution in [0.1, 0.15) is 56.9 Å². The first-order chi connectivity index (χ1) is 14.2. The summed E-state index contributed by atoms with van der Waals surface area (Å²) in [5.41, 5.74) is 5.50. The number of unbranched alkanes of at least 4 members (excludes halogenated alkanes) is 3. The first kappa shape index (κ1) is 23.3. The van der Waals surface area contributed by atoms with Crippen molar-refractivity contribution in [1.82, 2.24) is 15.3 Å². The van der Waals surface area contributed by atoms with Gasteiger partial charge in [0, 0.05) is 37.6 Å². The Morgan fingerprint density at radius 2 is 1.93 bits per heavy atom. The molecule has 1 aromatic rings. The van der Waals surface area contributed by atoms with Gasteiger partial charge in [-0.25, -0.2) is 9.78 Å². The van der Waals surface area contributed by atoms with E-state index in [2.05, 4.69) is 20.6 Å². The van der Waals surface area contributed by atoms with Crippen LogP contribution in [-0.2, 0) is 20.8 Å². The molecule has 0 radical (unpaired) electrons. The third-order valence-corrected chi connectivity index (χ3v) is 5.06. The van der Waals surface area contributed by atoms with Gasteiger partial charge < -0.3 is 31.7 Å². The average molecular weight is 423 g/mol. The van der Waals surface area contributed by atoms with Gasteiger partial charge in [-0.1, -0.05) is 19.3 Å². The minimum atomic E-state index is -1.24. The fourth-order valence-corrected chi connectivity index (χ4v) is 3.43. The molecular formula is C19H29N5O6. The zero-order chi connectivity index (χ0) is 22.1. The number of carboxylic acid groups (broad SMARTS) is 2. The van der Waals surface area contributed by atoms with Crippen molar-refractivity contribution in [3.63, 3.8) is 0 Å². The van der Waals surface area contributed by atoms with Gasteiger partial charge in [-0.2, -0.15) is 4.98 Å². The highest BCUT2D eigenvalue weighted by Crippen LogP contribution is 2.29. The van der Waals surface area contributed by atoms with Crippen molar-refractivity contribution >= 4 is 29.6 Å². The third-order valence-electron chi connectivity index (χ3n) is 5.06. The van der Waals surface area contributed by atoms with Crippen LogP contribution in [0.2, 0.25) is 0 Å². The van der Waals surface area contributed by atoms with E-state index in [9.17, 15) is 19.5 Å². The normalized spacial score (nSPS) is 18.7. The molecule has 30 heavy (non-hydrogen) atoms. The monoisotopic (exact) mass is 423 g/mol. The Morgan fingerprint density at radius 1 is 1.20 bits per heavy atom. The molecule has 1 amide bonds. The number of carbonyl (C=O) groups excluding carboxylic acids is 1. The van der Waals surface area contributed by atoms with E-state index < -0.39 is 29.5 Å². The molecular weight excluding hydrogens is 394 g/mol. The lowest BCUT2D eigenvalue weighted by Crippen LogP contribution is -2.43. The average Bonchev–Trinajstić information content (AvgIpc) is 2.67. The summed E-state index contributed by atoms with van der Waals surface area (Å²) in [5, 5.41) is 33.9. The quantitative estimate of drug-likeness (QED) is 0.259. The topological polar surface area (TPSA) is 188 Å². The van der Waals surface area contributed by atoms with Gasteiger partial charge in [0.15, 0.2) is 0 Å². The highest BCUT2D eigenvalue weighted by molar-refractivity contribution is 5.83. The molecule has 0 saturated heterocycles. The molecule has 0 spiro atoms. The molecule has 11 nitrogen and oxygen atoms in total. The molecule has 1 aliphatic rings. The van der Waals surface area contributed by atoms with E-state index in [0.717, 1.165) is 24.8 Å². The minimum absolute atomic E-state index is 0.149. The fraction of sp³-hybridized carbons (Fsp3) is 0.632. The van der Waals surface area contributed by atoms with E-state index in [0.29, 0.717) is 31.6 Å². The lowest BCUT2D eigenvalue weighted by Gasteiger charge is -2.33. The minimum Gasteiger partial charge on any atom is -0.481 e. The summed E-state index contributed by atoms with van der Waals surface area (Å²) in [7, 11) is 0. The molecule has 166 valence electrons. The second-order valence-corrected chi connectivity index (χ2v) is 7.66. The molecule has 0 fully saturated rings. The van der Waals surface area contributed by atoms with Crippen molar-refractivity contribution < 1.29 is 29.7 Å². The van der Waals surface area contributed by atoms with E-state index in [4.69, 9.17) is 15.9 Å². The van der Waals surface area contributed by atoms with Crippen LogP contribution in [0.15, 0.2) is 6.20 Å². The Hall–Kier alpha value is -2.95. The van der Waals surface area contributed by atoms with E-state index in [-0.39, 0.29) is 25.2 Å². The second kappa shape index (κ2) is 10.7. The number of aliphatic carboxylic acids is 2. The standard InChI is InChI=1S/C19H29N5O6/c20-18-21-10-12-9-19(30,11-22-16(12)24-18)8-4-2-1-3-5-14(25)23-13(17(28)29)6-7-15(26)27/h10,13,30H,1-9,11H2,(H,23,25)(H,26,27)(H,28,29)(H3,20,21,22,24)/t13-,19+/m1/s1. The highest BCUT2D eigenvalue weighted by Gasteiger charge is 2.32. The van der Waals surface area contributed by atoms with E-state index >= 15 is 0 Å². The van der Waals surface area contributed by atoms with E-state index in [1.807, 2.05) is 0 Å². The summed E-state index contributed by atoms with van der Waals surface area (Å²) in [6.45, 7) is 0.381. The molecule has 11 heteroatoms. The number of anilines is 2. The van der Waals surface area contributed by atoms with E-state index in [1.165, 1.54) is 0 Å². The first-order valence-electron chi connectivity index (χ1n) is 10.0. The largest absolute Gasteiger partial charge is 0.481 e. The van der Waals surface area contributed by atoms with Crippen LogP contribution in [0.5, 0.6) is 0 Å². The molecule has 0 unspecified atom stereocenters. The van der Waals surface area contributed by atoms with Gasteiger partial charge in [-0.3, -0.25) is 9.59 Å². The molecule has 0 aliphatic carbocycles. The number of amides is 1. The summed E-state index contributed by atoms with van der Waals surface area (Å²) >= 11 is 0. The summed E-state index contributed by atoms with van der Waals surface area (Å²) in [4.78, 5) is 41.6. The number of carbonyl (C=O) groups is 3. The Kier molecular flexibility index (Phi) is 8.34. The van der Waals surface area contributed by atoms with Crippen molar-refractivity contribution in [1.29, 1.82) is 0 Å². The Bertz CT molecular complexity index is 774. The van der Waals surface area contributed by atoms with Crippen molar-refractivity contribution in [2.45, 2.75) is 69.4 Å². The molecule has 0 saturated carbocycles. The van der Waals surface area contributed by atoms with Crippen molar-refractivity contribution in [3.8, 4) is 0 Å². The van der Waals surface area contributed by atoms with Crippen molar-refractivity contribution in [3.05, 3.63) is 11.8 Å². The number of carboxylic acids is 2. The van der Waals surface area contributed by atoms with Crippen LogP contribution in [0.4, 0.5) is 11.8 Å². The summed E-state index contributed by atoms with van der Waals surface area (Å²) in [5.74, 6) is -1.91. The van der Waals surface area contributed by atoms with Gasteiger partial charge in [-0.05, 0) is 19.3 Å². The number of β-amino-alcohol motifs (C(OH)–C–C–N with tert-alkyl or cyclic N) is 1. The first-order valence-corrected chi connectivity index (χ1v) is 10.0. The third kappa shape index (κ3) is 7.47. The van der Waals surface area contributed by atoms with Crippen molar-refractivity contribution in [2.24, 2.45) is 0 Å². The van der Waals surface area contributed by atoms with Gasteiger partial charge in [0.05, 0.1) is 5.60 Å². The number of nitrogens with zero attached hydrogens (tertiary/aromatic N) is 2. The molecule has 2 atom stereocenters. The van der Waals surface area contributed by atoms with Gasteiger partial charge in [-0.15, -0.1) is 0 Å². The smallest absolute Gasteiger partial charge is 0.326 e. The number of fused-ring (bicyclic) bond motifs is 1. The maximum absolute atomic E-state index is 11.9. The van der Waals surface area contributed by atoms with Gasteiger partial charge in [0.2, 0.25) is 11.9 Å². The molecule has 2 heterocycles. The lowest BCUT2D eigenvalue weighted by atomic mass is 9.87. The Balaban J connectivity index is 1.63. The number of hydrogen-bond donors (Lipinski definition) is 6. The molecule has 7 N–H and O–H groups in total. The predicted octanol–water partition coefficient (Wildman–Crippen LogP) is 0.533. The van der Waals surface area contributed by atoms with Crippen LogP contribution in [0, 0.1) is 0 Å². The number of nitrogens with two attached hydrogens (primary N) is 1. The molecule has 0 aromatic carbocycles. The molecule has 1 aliphatic heterocycles. The highest BCUT2D eigenvalue weighted by atomic mass is 16.4. The van der Waals surface area contributed by atoms with Crippen molar-refractivity contribution in [2.75, 3.05) is 17.6 Å². The lowest BCUT2D eigenvalue weighted by molar-refractivity contribution is -0.143. The predicted molar refractivity (Wildman–Crippen MR) is 108 cm³/mol. The zero-order valence-corrected chi connectivity index (χ0v) is 16.8. The fourth-order valence-electron chi connectivity index (χ4n) is 3.43. The van der Waals surface area contributed by atoms with Crippen LogP contribution in [0.25, 0.3) is 0 Å². The zero-order valence-electron chi connectivity index (χ0n) is 16.8. The van der Waals surface area contributed by atoms with Crippen LogP contribution >= 0.6 is 0 Å². The molecule has 2 rings (SSSR count). The van der Waals surface area contributed by atoms with Gasteiger partial charge >= 0.3 is 11.9 Å².